The van der Waals surface area contributed by atoms with Gasteiger partial charge in [0, 0.05) is 17.8 Å². The molecule has 0 aliphatic rings. The topological polar surface area (TPSA) is 97.3 Å². The lowest BCUT2D eigenvalue weighted by Gasteiger charge is -2.07. The molecular weight excluding hydrogens is 298 g/mol. The fourth-order valence-corrected chi connectivity index (χ4v) is 1.97. The summed E-state index contributed by atoms with van der Waals surface area (Å²) in [6, 6.07) is 7.52. The Morgan fingerprint density at radius 3 is 2.81 bits per heavy atom. The van der Waals surface area contributed by atoms with Crippen molar-refractivity contribution in [3.05, 3.63) is 56.9 Å². The number of carbonyl (C=O) groups excluding carboxylic acids is 1. The van der Waals surface area contributed by atoms with Crippen molar-refractivity contribution in [2.45, 2.75) is 6.54 Å². The van der Waals surface area contributed by atoms with E-state index in [0.717, 1.165) is 5.69 Å². The number of methoxy groups -OCH3 is 1. The summed E-state index contributed by atoms with van der Waals surface area (Å²) in [6.07, 6.45) is 0. The maximum Gasteiger partial charge on any atom is 0.354 e. The summed E-state index contributed by atoms with van der Waals surface area (Å²) in [5.74, 6) is -0.449. The van der Waals surface area contributed by atoms with Gasteiger partial charge in [-0.1, -0.05) is 11.6 Å². The summed E-state index contributed by atoms with van der Waals surface area (Å²) in [5.41, 5.74) is 1.60. The largest absolute Gasteiger partial charge is 0.464 e. The molecular formula is C13H12ClN3O4. The first-order valence-corrected chi connectivity index (χ1v) is 6.33. The average molecular weight is 310 g/mol. The highest BCUT2D eigenvalue weighted by molar-refractivity contribution is 6.33. The Balaban J connectivity index is 2.04. The van der Waals surface area contributed by atoms with Gasteiger partial charge in [-0.15, -0.1) is 0 Å². The van der Waals surface area contributed by atoms with E-state index in [0.29, 0.717) is 17.9 Å². The second kappa shape index (κ2) is 6.27. The van der Waals surface area contributed by atoms with E-state index < -0.39 is 10.9 Å². The average Bonchev–Trinajstić information content (AvgIpc) is 2.93. The number of anilines is 1. The van der Waals surface area contributed by atoms with E-state index >= 15 is 0 Å². The van der Waals surface area contributed by atoms with Crippen molar-refractivity contribution in [1.29, 1.82) is 0 Å². The van der Waals surface area contributed by atoms with Crippen molar-refractivity contribution >= 4 is 28.9 Å². The van der Waals surface area contributed by atoms with Gasteiger partial charge in [-0.2, -0.15) is 0 Å². The number of nitro benzene ring substituents is 1. The molecule has 0 unspecified atom stereocenters. The smallest absolute Gasteiger partial charge is 0.354 e. The molecule has 0 saturated heterocycles. The minimum atomic E-state index is -0.511. The number of aromatic nitrogens is 1. The lowest BCUT2D eigenvalue weighted by atomic mass is 10.2. The van der Waals surface area contributed by atoms with Crippen LogP contribution in [-0.2, 0) is 11.3 Å². The van der Waals surface area contributed by atoms with Crippen LogP contribution in [0.15, 0.2) is 30.3 Å². The van der Waals surface area contributed by atoms with Crippen LogP contribution in [0.4, 0.5) is 11.4 Å². The van der Waals surface area contributed by atoms with Gasteiger partial charge in [0.1, 0.15) is 5.69 Å². The summed E-state index contributed by atoms with van der Waals surface area (Å²) in [7, 11) is 1.30. The Morgan fingerprint density at radius 2 is 2.19 bits per heavy atom. The van der Waals surface area contributed by atoms with Gasteiger partial charge >= 0.3 is 5.97 Å². The zero-order valence-corrected chi connectivity index (χ0v) is 11.8. The number of rotatable bonds is 5. The monoisotopic (exact) mass is 309 g/mol. The normalized spacial score (nSPS) is 10.2. The van der Waals surface area contributed by atoms with Crippen LogP contribution in [0.2, 0.25) is 5.02 Å². The van der Waals surface area contributed by atoms with E-state index in [-0.39, 0.29) is 10.7 Å². The summed E-state index contributed by atoms with van der Waals surface area (Å²) in [6.45, 7) is 0.383. The number of ether oxygens (including phenoxy) is 1. The van der Waals surface area contributed by atoms with Crippen LogP contribution >= 0.6 is 11.6 Å². The molecule has 0 saturated carbocycles. The van der Waals surface area contributed by atoms with E-state index in [4.69, 9.17) is 11.6 Å². The Bertz CT molecular complexity index is 684. The molecule has 0 atom stereocenters. The van der Waals surface area contributed by atoms with Gasteiger partial charge in [-0.3, -0.25) is 10.1 Å². The molecule has 1 heterocycles. The van der Waals surface area contributed by atoms with Crippen molar-refractivity contribution in [2.24, 2.45) is 0 Å². The number of H-pyrrole nitrogens is 1. The van der Waals surface area contributed by atoms with Crippen LogP contribution in [0.25, 0.3) is 0 Å². The number of nitrogens with zero attached hydrogens (tertiary/aromatic N) is 1. The second-order valence-electron chi connectivity index (χ2n) is 4.16. The quantitative estimate of drug-likeness (QED) is 0.502. The maximum atomic E-state index is 11.3. The van der Waals surface area contributed by atoms with Crippen molar-refractivity contribution in [3.63, 3.8) is 0 Å². The molecule has 110 valence electrons. The van der Waals surface area contributed by atoms with E-state index in [1.54, 1.807) is 12.1 Å². The molecule has 0 bridgehead atoms. The molecule has 0 amide bonds. The van der Waals surface area contributed by atoms with Gasteiger partial charge in [-0.25, -0.2) is 4.79 Å². The van der Waals surface area contributed by atoms with Gasteiger partial charge in [0.25, 0.3) is 5.69 Å². The Hall–Kier alpha value is -2.54. The van der Waals surface area contributed by atoms with Gasteiger partial charge in [0.2, 0.25) is 0 Å². The van der Waals surface area contributed by atoms with E-state index in [9.17, 15) is 14.9 Å². The van der Waals surface area contributed by atoms with Gasteiger partial charge in [0.05, 0.1) is 29.3 Å². The van der Waals surface area contributed by atoms with Crippen molar-refractivity contribution in [2.75, 3.05) is 12.4 Å². The highest BCUT2D eigenvalue weighted by atomic mass is 35.5. The standard InChI is InChI=1S/C13H12ClN3O4/c1-21-13(18)12-4-2-8(16-12)7-15-11-5-3-9(17(19)20)6-10(11)14/h2-6,15-16H,7H2,1H3. The number of nitro groups is 1. The summed E-state index contributed by atoms with van der Waals surface area (Å²) in [4.78, 5) is 24.3. The maximum absolute atomic E-state index is 11.3. The highest BCUT2D eigenvalue weighted by Gasteiger charge is 2.10. The minimum absolute atomic E-state index is 0.0709. The molecule has 2 rings (SSSR count). The molecule has 21 heavy (non-hydrogen) atoms. The molecule has 1 aromatic carbocycles. The number of esters is 1. The molecule has 7 nitrogen and oxygen atoms in total. The number of hydrogen-bond donors (Lipinski definition) is 2. The van der Waals surface area contributed by atoms with Crippen LogP contribution in [0.1, 0.15) is 16.2 Å². The molecule has 0 aliphatic carbocycles. The SMILES string of the molecule is COC(=O)c1ccc(CNc2ccc([N+](=O)[O-])cc2Cl)[nH]1. The third-order valence-corrected chi connectivity index (χ3v) is 3.10. The Morgan fingerprint density at radius 1 is 1.43 bits per heavy atom. The minimum Gasteiger partial charge on any atom is -0.464 e. The number of aromatic amines is 1. The number of non-ortho nitro benzene ring substituents is 1. The first-order valence-electron chi connectivity index (χ1n) is 5.95. The lowest BCUT2D eigenvalue weighted by molar-refractivity contribution is -0.384. The van der Waals surface area contributed by atoms with Crippen molar-refractivity contribution in [3.8, 4) is 0 Å². The predicted octanol–water partition coefficient (Wildman–Crippen LogP) is 2.98. The van der Waals surface area contributed by atoms with Gasteiger partial charge in [0.15, 0.2) is 0 Å². The number of carbonyl (C=O) groups is 1. The summed E-state index contributed by atoms with van der Waals surface area (Å²) >= 11 is 5.97. The van der Waals surface area contributed by atoms with Gasteiger partial charge < -0.3 is 15.0 Å². The van der Waals surface area contributed by atoms with Crippen LogP contribution < -0.4 is 5.32 Å². The first-order chi connectivity index (χ1) is 10.0. The first kappa shape index (κ1) is 14.9. The predicted molar refractivity (Wildman–Crippen MR) is 77.6 cm³/mol. The Labute approximate surface area is 125 Å². The van der Waals surface area contributed by atoms with Crippen LogP contribution in [0.3, 0.4) is 0 Å². The summed E-state index contributed by atoms with van der Waals surface area (Å²) in [5, 5.41) is 13.9. The molecule has 0 spiro atoms. The highest BCUT2D eigenvalue weighted by Crippen LogP contribution is 2.26. The molecule has 0 aliphatic heterocycles. The van der Waals surface area contributed by atoms with Crippen LogP contribution in [0, 0.1) is 10.1 Å². The fraction of sp³-hybridized carbons (Fsp3) is 0.154. The molecule has 1 aromatic heterocycles. The molecule has 0 radical (unpaired) electrons. The zero-order chi connectivity index (χ0) is 15.4. The third-order valence-electron chi connectivity index (χ3n) is 2.78. The van der Waals surface area contributed by atoms with E-state index in [1.807, 2.05) is 0 Å². The van der Waals surface area contributed by atoms with Crippen LogP contribution in [0.5, 0.6) is 0 Å². The van der Waals surface area contributed by atoms with Gasteiger partial charge in [-0.05, 0) is 18.2 Å². The summed E-state index contributed by atoms with van der Waals surface area (Å²) < 4.78 is 4.59. The molecule has 2 aromatic rings. The third kappa shape index (κ3) is 3.51. The number of benzene rings is 1. The Kier molecular flexibility index (Phi) is 4.44. The number of hydrogen-bond acceptors (Lipinski definition) is 5. The van der Waals surface area contributed by atoms with Crippen LogP contribution in [-0.4, -0.2) is 23.0 Å². The fourth-order valence-electron chi connectivity index (χ4n) is 1.72. The van der Waals surface area contributed by atoms with E-state index in [2.05, 4.69) is 15.0 Å². The van der Waals surface area contributed by atoms with Crippen molar-refractivity contribution < 1.29 is 14.5 Å². The van der Waals surface area contributed by atoms with Crippen molar-refractivity contribution in [1.82, 2.24) is 4.98 Å². The molecule has 2 N–H and O–H groups in total. The van der Waals surface area contributed by atoms with E-state index in [1.165, 1.54) is 25.3 Å². The molecule has 8 heteroatoms. The zero-order valence-electron chi connectivity index (χ0n) is 11.1. The second-order valence-corrected chi connectivity index (χ2v) is 4.57. The number of halogens is 1. The number of nitrogens with one attached hydrogen (secondary N) is 2. The molecule has 0 fully saturated rings. The lowest BCUT2D eigenvalue weighted by Crippen LogP contribution is -2.04.